The summed E-state index contributed by atoms with van der Waals surface area (Å²) in [5, 5.41) is 0. The van der Waals surface area contributed by atoms with E-state index in [1.165, 1.54) is 24.8 Å². The van der Waals surface area contributed by atoms with E-state index in [2.05, 4.69) is 18.7 Å². The van der Waals surface area contributed by atoms with Gasteiger partial charge in [0.1, 0.15) is 5.75 Å². The van der Waals surface area contributed by atoms with Crippen molar-refractivity contribution in [1.29, 1.82) is 0 Å². The Morgan fingerprint density at radius 3 is 2.90 bits per heavy atom. The molecular formula is C18H25NO2. The summed E-state index contributed by atoms with van der Waals surface area (Å²) in [5.41, 5.74) is 2.02. The van der Waals surface area contributed by atoms with Crippen molar-refractivity contribution in [3.05, 3.63) is 29.3 Å². The summed E-state index contributed by atoms with van der Waals surface area (Å²) < 4.78 is 5.51. The molecule has 1 fully saturated rings. The van der Waals surface area contributed by atoms with E-state index in [0.717, 1.165) is 30.9 Å². The molecule has 1 aromatic rings. The van der Waals surface area contributed by atoms with Crippen LogP contribution in [0.4, 0.5) is 0 Å². The highest BCUT2D eigenvalue weighted by Crippen LogP contribution is 2.29. The molecule has 3 heteroatoms. The van der Waals surface area contributed by atoms with Gasteiger partial charge in [-0.2, -0.15) is 0 Å². The summed E-state index contributed by atoms with van der Waals surface area (Å²) in [5.74, 6) is 1.89. The second-order valence-electron chi connectivity index (χ2n) is 6.73. The molecule has 114 valence electrons. The normalized spacial score (nSPS) is 17.1. The average molecular weight is 287 g/mol. The van der Waals surface area contributed by atoms with E-state index < -0.39 is 0 Å². The first-order valence-electron chi connectivity index (χ1n) is 8.16. The number of fused-ring (bicyclic) bond motifs is 1. The maximum absolute atomic E-state index is 12.5. The monoisotopic (exact) mass is 287 g/mol. The van der Waals surface area contributed by atoms with Gasteiger partial charge in [0.25, 0.3) is 0 Å². The Labute approximate surface area is 127 Å². The van der Waals surface area contributed by atoms with E-state index in [0.29, 0.717) is 18.5 Å². The van der Waals surface area contributed by atoms with Crippen LogP contribution in [-0.4, -0.2) is 36.4 Å². The first-order valence-corrected chi connectivity index (χ1v) is 8.16. The lowest BCUT2D eigenvalue weighted by atomic mass is 10.0. The number of carbonyl (C=O) groups is 1. The zero-order chi connectivity index (χ0) is 14.8. The van der Waals surface area contributed by atoms with Crippen LogP contribution in [0.5, 0.6) is 5.75 Å². The van der Waals surface area contributed by atoms with Gasteiger partial charge in [0.05, 0.1) is 13.2 Å². The van der Waals surface area contributed by atoms with E-state index in [9.17, 15) is 4.79 Å². The molecule has 3 rings (SSSR count). The molecule has 0 N–H and O–H groups in total. The third-order valence-electron chi connectivity index (χ3n) is 4.42. The lowest BCUT2D eigenvalue weighted by Gasteiger charge is -2.22. The Morgan fingerprint density at radius 2 is 2.19 bits per heavy atom. The van der Waals surface area contributed by atoms with Crippen molar-refractivity contribution < 1.29 is 9.53 Å². The maximum Gasteiger partial charge on any atom is 0.176 e. The molecular weight excluding hydrogens is 262 g/mol. The molecule has 1 saturated carbocycles. The first kappa shape index (κ1) is 14.6. The van der Waals surface area contributed by atoms with E-state index in [1.807, 2.05) is 18.2 Å². The number of rotatable bonds is 7. The van der Waals surface area contributed by atoms with Crippen molar-refractivity contribution in [3.63, 3.8) is 0 Å². The van der Waals surface area contributed by atoms with E-state index in [1.54, 1.807) is 0 Å². The SMILES string of the molecule is CC(C)CCN(CC(=O)c1ccc2c(c1)CCO2)C1CC1. The number of Topliss-reactive ketones (excluding diaryl/α,β-unsaturated/α-hetero) is 1. The predicted molar refractivity (Wildman–Crippen MR) is 84.0 cm³/mol. The van der Waals surface area contributed by atoms with Crippen LogP contribution in [0.3, 0.4) is 0 Å². The molecule has 0 amide bonds. The quantitative estimate of drug-likeness (QED) is 0.721. The number of benzene rings is 1. The molecule has 0 unspecified atom stereocenters. The van der Waals surface area contributed by atoms with Crippen molar-refractivity contribution >= 4 is 5.78 Å². The molecule has 0 bridgehead atoms. The Kier molecular flexibility index (Phi) is 4.29. The molecule has 1 aliphatic carbocycles. The van der Waals surface area contributed by atoms with Crippen LogP contribution < -0.4 is 4.74 Å². The molecule has 0 atom stereocenters. The second-order valence-corrected chi connectivity index (χ2v) is 6.73. The minimum Gasteiger partial charge on any atom is -0.493 e. The Morgan fingerprint density at radius 1 is 1.38 bits per heavy atom. The fraction of sp³-hybridized carbons (Fsp3) is 0.611. The number of ether oxygens (including phenoxy) is 1. The number of hydrogen-bond donors (Lipinski definition) is 0. The summed E-state index contributed by atoms with van der Waals surface area (Å²) in [6, 6.07) is 6.54. The highest BCUT2D eigenvalue weighted by Gasteiger charge is 2.30. The smallest absolute Gasteiger partial charge is 0.176 e. The highest BCUT2D eigenvalue weighted by atomic mass is 16.5. The maximum atomic E-state index is 12.5. The largest absolute Gasteiger partial charge is 0.493 e. The summed E-state index contributed by atoms with van der Waals surface area (Å²) in [4.78, 5) is 14.9. The molecule has 1 heterocycles. The third-order valence-corrected chi connectivity index (χ3v) is 4.42. The highest BCUT2D eigenvalue weighted by molar-refractivity contribution is 5.98. The molecule has 0 spiro atoms. The van der Waals surface area contributed by atoms with Gasteiger partial charge in [-0.05, 0) is 55.5 Å². The van der Waals surface area contributed by atoms with Crippen LogP contribution in [0.15, 0.2) is 18.2 Å². The lowest BCUT2D eigenvalue weighted by molar-refractivity contribution is 0.0920. The topological polar surface area (TPSA) is 29.5 Å². The van der Waals surface area contributed by atoms with Crippen molar-refractivity contribution in [3.8, 4) is 5.75 Å². The molecule has 1 aromatic carbocycles. The Balaban J connectivity index is 1.63. The molecule has 21 heavy (non-hydrogen) atoms. The summed E-state index contributed by atoms with van der Waals surface area (Å²) in [6.45, 7) is 6.84. The summed E-state index contributed by atoms with van der Waals surface area (Å²) in [7, 11) is 0. The van der Waals surface area contributed by atoms with Gasteiger partial charge in [-0.15, -0.1) is 0 Å². The zero-order valence-electron chi connectivity index (χ0n) is 13.1. The Hall–Kier alpha value is -1.35. The number of carbonyl (C=O) groups excluding carboxylic acids is 1. The number of nitrogens with zero attached hydrogens (tertiary/aromatic N) is 1. The van der Waals surface area contributed by atoms with Crippen LogP contribution in [0.25, 0.3) is 0 Å². The average Bonchev–Trinajstić information content (AvgIpc) is 3.19. The standard InChI is InChI=1S/C18H25NO2/c1-13(2)7-9-19(16-4-5-16)12-17(20)14-3-6-18-15(11-14)8-10-21-18/h3,6,11,13,16H,4-5,7-10,12H2,1-2H3. The fourth-order valence-corrected chi connectivity index (χ4v) is 2.89. The van der Waals surface area contributed by atoms with Gasteiger partial charge < -0.3 is 4.74 Å². The minimum atomic E-state index is 0.250. The molecule has 2 aliphatic rings. The van der Waals surface area contributed by atoms with Gasteiger partial charge in [-0.3, -0.25) is 9.69 Å². The first-order chi connectivity index (χ1) is 10.1. The molecule has 3 nitrogen and oxygen atoms in total. The van der Waals surface area contributed by atoms with Crippen LogP contribution in [-0.2, 0) is 6.42 Å². The van der Waals surface area contributed by atoms with Gasteiger partial charge in [-0.25, -0.2) is 0 Å². The van der Waals surface area contributed by atoms with Crippen LogP contribution in [0.1, 0.15) is 49.0 Å². The van der Waals surface area contributed by atoms with Crippen molar-refractivity contribution in [1.82, 2.24) is 4.90 Å². The summed E-state index contributed by atoms with van der Waals surface area (Å²) in [6.07, 6.45) is 4.60. The van der Waals surface area contributed by atoms with Gasteiger partial charge >= 0.3 is 0 Å². The van der Waals surface area contributed by atoms with Gasteiger partial charge in [-0.1, -0.05) is 13.8 Å². The number of hydrogen-bond acceptors (Lipinski definition) is 3. The van der Waals surface area contributed by atoms with Gasteiger partial charge in [0, 0.05) is 18.0 Å². The van der Waals surface area contributed by atoms with Crippen LogP contribution >= 0.6 is 0 Å². The van der Waals surface area contributed by atoms with Gasteiger partial charge in [0.15, 0.2) is 5.78 Å². The molecule has 0 saturated heterocycles. The van der Waals surface area contributed by atoms with Gasteiger partial charge in [0.2, 0.25) is 0 Å². The van der Waals surface area contributed by atoms with Crippen LogP contribution in [0.2, 0.25) is 0 Å². The zero-order valence-corrected chi connectivity index (χ0v) is 13.1. The van der Waals surface area contributed by atoms with Crippen molar-refractivity contribution in [2.75, 3.05) is 19.7 Å². The predicted octanol–water partition coefficient (Wildman–Crippen LogP) is 3.31. The van der Waals surface area contributed by atoms with Crippen LogP contribution in [0, 0.1) is 5.92 Å². The fourth-order valence-electron chi connectivity index (χ4n) is 2.89. The molecule has 1 aliphatic heterocycles. The van der Waals surface area contributed by atoms with E-state index >= 15 is 0 Å². The summed E-state index contributed by atoms with van der Waals surface area (Å²) >= 11 is 0. The molecule has 0 radical (unpaired) electrons. The van der Waals surface area contributed by atoms with Crippen molar-refractivity contribution in [2.24, 2.45) is 5.92 Å². The second kappa shape index (κ2) is 6.18. The third kappa shape index (κ3) is 3.65. The van der Waals surface area contributed by atoms with E-state index in [-0.39, 0.29) is 5.78 Å². The molecule has 0 aromatic heterocycles. The number of ketones is 1. The van der Waals surface area contributed by atoms with Crippen molar-refractivity contribution in [2.45, 2.75) is 45.6 Å². The lowest BCUT2D eigenvalue weighted by Crippen LogP contribution is -2.33. The van der Waals surface area contributed by atoms with E-state index in [4.69, 9.17) is 4.74 Å². The Bertz CT molecular complexity index is 520. The minimum absolute atomic E-state index is 0.250.